The number of pyridine rings is 1. The summed E-state index contributed by atoms with van der Waals surface area (Å²) in [4.78, 5) is 6.49. The van der Waals surface area contributed by atoms with Gasteiger partial charge in [-0.1, -0.05) is 12.1 Å². The normalized spacial score (nSPS) is 16.3. The molecular formula is C18H19FN4O. The van der Waals surface area contributed by atoms with Gasteiger partial charge in [0, 0.05) is 25.8 Å². The summed E-state index contributed by atoms with van der Waals surface area (Å²) < 4.78 is 19.1. The maximum Gasteiger partial charge on any atom is 0.143 e. The van der Waals surface area contributed by atoms with Gasteiger partial charge in [0.25, 0.3) is 0 Å². The molecule has 1 aromatic carbocycles. The molecule has 2 aromatic rings. The molecular weight excluding hydrogens is 307 g/mol. The molecule has 1 aliphatic rings. The van der Waals surface area contributed by atoms with Gasteiger partial charge in [0.05, 0.1) is 24.8 Å². The lowest BCUT2D eigenvalue weighted by atomic mass is 10.0. The van der Waals surface area contributed by atoms with Crippen molar-refractivity contribution in [2.75, 3.05) is 38.2 Å². The smallest absolute Gasteiger partial charge is 0.143 e. The van der Waals surface area contributed by atoms with E-state index in [1.54, 1.807) is 30.5 Å². The number of benzene rings is 1. The van der Waals surface area contributed by atoms with E-state index in [1.807, 2.05) is 6.07 Å². The number of aromatic nitrogens is 1. The predicted molar refractivity (Wildman–Crippen MR) is 89.0 cm³/mol. The minimum atomic E-state index is -0.249. The van der Waals surface area contributed by atoms with Crippen LogP contribution in [0.2, 0.25) is 0 Å². The number of nitrogens with one attached hydrogen (secondary N) is 1. The van der Waals surface area contributed by atoms with Gasteiger partial charge in [-0.15, -0.1) is 0 Å². The van der Waals surface area contributed by atoms with Crippen LogP contribution in [0.4, 0.5) is 10.2 Å². The fourth-order valence-corrected chi connectivity index (χ4v) is 2.89. The van der Waals surface area contributed by atoms with Gasteiger partial charge in [-0.3, -0.25) is 4.90 Å². The number of morpholine rings is 1. The van der Waals surface area contributed by atoms with E-state index in [9.17, 15) is 9.65 Å². The van der Waals surface area contributed by atoms with Gasteiger partial charge in [0.1, 0.15) is 17.7 Å². The van der Waals surface area contributed by atoms with E-state index in [4.69, 9.17) is 4.74 Å². The standard InChI is InChI=1S/C18H19FN4O/c19-16-5-1-3-14(11-16)17(23-7-9-24-10-8-23)13-22-18-15(12-20)4-2-6-21-18/h1-6,11,17H,7-10,13H2,(H,21,22)/t17-/m1/s1. The SMILES string of the molecule is N#Cc1cccnc1NC[C@H](c1cccc(F)c1)N1CCOCC1. The number of hydrogen-bond acceptors (Lipinski definition) is 5. The summed E-state index contributed by atoms with van der Waals surface area (Å²) in [6.07, 6.45) is 1.65. The molecule has 1 N–H and O–H groups in total. The second-order valence-corrected chi connectivity index (χ2v) is 5.61. The fourth-order valence-electron chi connectivity index (χ4n) is 2.89. The third-order valence-electron chi connectivity index (χ3n) is 4.11. The maximum atomic E-state index is 13.7. The van der Waals surface area contributed by atoms with Gasteiger partial charge in [0.2, 0.25) is 0 Å². The molecule has 0 amide bonds. The van der Waals surface area contributed by atoms with Crippen LogP contribution in [0.5, 0.6) is 0 Å². The molecule has 0 aliphatic carbocycles. The number of rotatable bonds is 5. The summed E-state index contributed by atoms with van der Waals surface area (Å²) in [5.74, 6) is 0.302. The molecule has 1 atom stereocenters. The van der Waals surface area contributed by atoms with Crippen molar-refractivity contribution in [3.05, 3.63) is 59.5 Å². The molecule has 124 valence electrons. The Bertz CT molecular complexity index is 725. The van der Waals surface area contributed by atoms with Crippen LogP contribution in [0.1, 0.15) is 17.2 Å². The summed E-state index contributed by atoms with van der Waals surface area (Å²) in [6, 6.07) is 12.2. The first-order valence-electron chi connectivity index (χ1n) is 7.94. The van der Waals surface area contributed by atoms with Crippen LogP contribution in [0, 0.1) is 17.1 Å². The van der Waals surface area contributed by atoms with Crippen molar-refractivity contribution in [1.29, 1.82) is 5.26 Å². The maximum absolute atomic E-state index is 13.7. The topological polar surface area (TPSA) is 61.2 Å². The van der Waals surface area contributed by atoms with E-state index in [2.05, 4.69) is 21.3 Å². The minimum Gasteiger partial charge on any atom is -0.379 e. The van der Waals surface area contributed by atoms with E-state index < -0.39 is 0 Å². The van der Waals surface area contributed by atoms with Crippen molar-refractivity contribution in [3.63, 3.8) is 0 Å². The van der Waals surface area contributed by atoms with E-state index in [0.29, 0.717) is 31.1 Å². The third-order valence-corrected chi connectivity index (χ3v) is 4.11. The summed E-state index contributed by atoms with van der Waals surface area (Å²) in [5.41, 5.74) is 1.40. The molecule has 5 nitrogen and oxygen atoms in total. The Morgan fingerprint density at radius 1 is 1.29 bits per heavy atom. The van der Waals surface area contributed by atoms with Crippen LogP contribution in [-0.4, -0.2) is 42.7 Å². The summed E-state index contributed by atoms with van der Waals surface area (Å²) in [7, 11) is 0. The van der Waals surface area contributed by atoms with Gasteiger partial charge in [0.15, 0.2) is 0 Å². The van der Waals surface area contributed by atoms with Crippen molar-refractivity contribution >= 4 is 5.82 Å². The number of anilines is 1. The lowest BCUT2D eigenvalue weighted by Gasteiger charge is -2.35. The molecule has 0 radical (unpaired) electrons. The van der Waals surface area contributed by atoms with Crippen LogP contribution in [-0.2, 0) is 4.74 Å². The molecule has 0 spiro atoms. The molecule has 2 heterocycles. The van der Waals surface area contributed by atoms with Crippen LogP contribution in [0.25, 0.3) is 0 Å². The fraction of sp³-hybridized carbons (Fsp3) is 0.333. The van der Waals surface area contributed by atoms with E-state index in [1.165, 1.54) is 6.07 Å². The van der Waals surface area contributed by atoms with Crippen molar-refractivity contribution in [3.8, 4) is 6.07 Å². The number of ether oxygens (including phenoxy) is 1. The highest BCUT2D eigenvalue weighted by Gasteiger charge is 2.23. The highest BCUT2D eigenvalue weighted by Crippen LogP contribution is 2.23. The van der Waals surface area contributed by atoms with Crippen LogP contribution >= 0.6 is 0 Å². The number of hydrogen-bond donors (Lipinski definition) is 1. The zero-order valence-corrected chi connectivity index (χ0v) is 13.3. The molecule has 0 saturated carbocycles. The quantitative estimate of drug-likeness (QED) is 0.915. The van der Waals surface area contributed by atoms with Crippen molar-refractivity contribution in [2.24, 2.45) is 0 Å². The molecule has 0 bridgehead atoms. The Hall–Kier alpha value is -2.49. The number of halogens is 1. The average molecular weight is 326 g/mol. The summed E-state index contributed by atoms with van der Waals surface area (Å²) in [5, 5.41) is 12.4. The largest absolute Gasteiger partial charge is 0.379 e. The predicted octanol–water partition coefficient (Wildman–Crippen LogP) is 2.58. The second-order valence-electron chi connectivity index (χ2n) is 5.61. The molecule has 24 heavy (non-hydrogen) atoms. The molecule has 6 heteroatoms. The van der Waals surface area contributed by atoms with Gasteiger partial charge < -0.3 is 10.1 Å². The second kappa shape index (κ2) is 7.86. The van der Waals surface area contributed by atoms with E-state index in [0.717, 1.165) is 18.7 Å². The number of nitrogens with zero attached hydrogens (tertiary/aromatic N) is 3. The highest BCUT2D eigenvalue weighted by atomic mass is 19.1. The lowest BCUT2D eigenvalue weighted by molar-refractivity contribution is 0.0186. The van der Waals surface area contributed by atoms with Gasteiger partial charge in [-0.05, 0) is 29.8 Å². The molecule has 1 fully saturated rings. The first kappa shape index (κ1) is 16.4. The zero-order valence-electron chi connectivity index (χ0n) is 13.3. The average Bonchev–Trinajstić information content (AvgIpc) is 2.63. The molecule has 1 aliphatic heterocycles. The summed E-state index contributed by atoms with van der Waals surface area (Å²) in [6.45, 7) is 3.44. The Morgan fingerprint density at radius 3 is 2.88 bits per heavy atom. The third kappa shape index (κ3) is 3.88. The number of nitriles is 1. The van der Waals surface area contributed by atoms with Crippen molar-refractivity contribution < 1.29 is 9.13 Å². The Balaban J connectivity index is 1.81. The summed E-state index contributed by atoms with van der Waals surface area (Å²) >= 11 is 0. The molecule has 1 aromatic heterocycles. The van der Waals surface area contributed by atoms with Crippen molar-refractivity contribution in [1.82, 2.24) is 9.88 Å². The van der Waals surface area contributed by atoms with Gasteiger partial charge >= 0.3 is 0 Å². The highest BCUT2D eigenvalue weighted by molar-refractivity contribution is 5.51. The Labute approximate surface area is 140 Å². The van der Waals surface area contributed by atoms with Crippen LogP contribution in [0.3, 0.4) is 0 Å². The van der Waals surface area contributed by atoms with Gasteiger partial charge in [-0.2, -0.15) is 5.26 Å². The molecule has 3 rings (SSSR count). The van der Waals surface area contributed by atoms with E-state index >= 15 is 0 Å². The Kier molecular flexibility index (Phi) is 5.36. The first-order chi connectivity index (χ1) is 11.8. The zero-order chi connectivity index (χ0) is 16.8. The Morgan fingerprint density at radius 2 is 2.12 bits per heavy atom. The molecule has 0 unspecified atom stereocenters. The first-order valence-corrected chi connectivity index (χ1v) is 7.94. The van der Waals surface area contributed by atoms with Crippen molar-refractivity contribution in [2.45, 2.75) is 6.04 Å². The lowest BCUT2D eigenvalue weighted by Crippen LogP contribution is -2.41. The van der Waals surface area contributed by atoms with Crippen LogP contribution in [0.15, 0.2) is 42.6 Å². The monoisotopic (exact) mass is 326 g/mol. The van der Waals surface area contributed by atoms with Crippen LogP contribution < -0.4 is 5.32 Å². The van der Waals surface area contributed by atoms with Gasteiger partial charge in [-0.25, -0.2) is 9.37 Å². The van der Waals surface area contributed by atoms with E-state index in [-0.39, 0.29) is 11.9 Å². The molecule has 1 saturated heterocycles. The minimum absolute atomic E-state index is 0.0156.